The summed E-state index contributed by atoms with van der Waals surface area (Å²) in [7, 11) is 4.66. The lowest BCUT2D eigenvalue weighted by atomic mass is 9.85. The van der Waals surface area contributed by atoms with E-state index in [1.54, 1.807) is 31.4 Å². The van der Waals surface area contributed by atoms with Crippen LogP contribution >= 0.6 is 0 Å². The molecule has 0 amide bonds. The van der Waals surface area contributed by atoms with Gasteiger partial charge in [0.2, 0.25) is 12.0 Å². The maximum absolute atomic E-state index is 11.8. The van der Waals surface area contributed by atoms with E-state index < -0.39 is 23.9 Å². The molecule has 5 atom stereocenters. The Balaban J connectivity index is 1.18. The van der Waals surface area contributed by atoms with Gasteiger partial charge in [-0.05, 0) is 23.8 Å². The normalized spacial score (nSPS) is 26.3. The molecule has 3 heterocycles. The lowest BCUT2D eigenvalue weighted by Crippen LogP contribution is -2.47. The quantitative estimate of drug-likeness (QED) is 0.388. The van der Waals surface area contributed by atoms with Crippen molar-refractivity contribution in [3.8, 4) is 34.5 Å². The van der Waals surface area contributed by atoms with E-state index in [4.69, 9.17) is 42.6 Å². The van der Waals surface area contributed by atoms with Gasteiger partial charge in [0.25, 0.3) is 0 Å². The first kappa shape index (κ1) is 27.5. The SMILES string of the molecule is COc1cc2c(cc1[C@H]1OC[C@]3(O)[C@@H](Oc4c(OC)cccc4OC)OC[C@H]13)O[C@H](COCc1ccccc1)CO2. The molecule has 3 aromatic rings. The van der Waals surface area contributed by atoms with Crippen molar-refractivity contribution in [3.63, 3.8) is 0 Å². The summed E-state index contributed by atoms with van der Waals surface area (Å²) in [5, 5.41) is 11.8. The average molecular weight is 567 g/mol. The topological polar surface area (TPSA) is 103 Å². The van der Waals surface area contributed by atoms with Gasteiger partial charge >= 0.3 is 0 Å². The standard InChI is InChI=1S/C31H34O10/c1-33-23-10-7-11-24(34-2)29(23)41-30-31(32)18-39-28(22(31)17-38-30)21-12-27-26(13-25(21)35-3)37-16-20(40-27)15-36-14-19-8-5-4-6-9-19/h4-13,20,22,28,30,32H,14-18H2,1-3H3/t20-,22-,28-,30-,31-/m1/s1. The summed E-state index contributed by atoms with van der Waals surface area (Å²) in [6.45, 7) is 1.42. The molecular weight excluding hydrogens is 532 g/mol. The van der Waals surface area contributed by atoms with Crippen molar-refractivity contribution in [1.29, 1.82) is 0 Å². The molecule has 0 radical (unpaired) electrons. The second-order valence-electron chi connectivity index (χ2n) is 10.2. The largest absolute Gasteiger partial charge is 0.496 e. The highest BCUT2D eigenvalue weighted by Crippen LogP contribution is 2.52. The van der Waals surface area contributed by atoms with Crippen LogP contribution in [0.25, 0.3) is 0 Å². The first-order chi connectivity index (χ1) is 20.0. The van der Waals surface area contributed by atoms with Crippen molar-refractivity contribution < 1.29 is 47.7 Å². The number of hydrogen-bond acceptors (Lipinski definition) is 10. The second-order valence-corrected chi connectivity index (χ2v) is 10.2. The van der Waals surface area contributed by atoms with Crippen LogP contribution in [-0.4, -0.2) is 70.9 Å². The number of para-hydroxylation sites is 1. The van der Waals surface area contributed by atoms with E-state index in [0.29, 0.717) is 54.3 Å². The number of hydrogen-bond donors (Lipinski definition) is 1. The van der Waals surface area contributed by atoms with Crippen LogP contribution in [0.3, 0.4) is 0 Å². The Labute approximate surface area is 238 Å². The molecule has 3 aromatic carbocycles. The Bertz CT molecular complexity index is 1330. The van der Waals surface area contributed by atoms with Gasteiger partial charge < -0.3 is 47.7 Å². The molecule has 3 aliphatic rings. The monoisotopic (exact) mass is 566 g/mol. The molecule has 0 unspecified atom stereocenters. The zero-order valence-corrected chi connectivity index (χ0v) is 23.2. The maximum atomic E-state index is 11.8. The maximum Gasteiger partial charge on any atom is 0.232 e. The van der Waals surface area contributed by atoms with Crippen molar-refractivity contribution in [2.75, 3.05) is 47.8 Å². The summed E-state index contributed by atoms with van der Waals surface area (Å²) in [6.07, 6.45) is -1.82. The Morgan fingerprint density at radius 2 is 1.61 bits per heavy atom. The third-order valence-electron chi connectivity index (χ3n) is 7.68. The molecule has 3 aliphatic heterocycles. The van der Waals surface area contributed by atoms with Crippen LogP contribution < -0.4 is 28.4 Å². The van der Waals surface area contributed by atoms with Crippen LogP contribution in [-0.2, 0) is 20.8 Å². The van der Waals surface area contributed by atoms with Crippen molar-refractivity contribution in [2.24, 2.45) is 5.92 Å². The molecule has 0 spiro atoms. The molecule has 218 valence electrons. The summed E-state index contributed by atoms with van der Waals surface area (Å²) < 4.78 is 53.0. The van der Waals surface area contributed by atoms with Crippen LogP contribution in [0.2, 0.25) is 0 Å². The predicted octanol–water partition coefficient (Wildman–Crippen LogP) is 3.92. The van der Waals surface area contributed by atoms with Crippen LogP contribution in [0.5, 0.6) is 34.5 Å². The van der Waals surface area contributed by atoms with Gasteiger partial charge in [-0.3, -0.25) is 0 Å². The highest BCUT2D eigenvalue weighted by molar-refractivity contribution is 5.53. The lowest BCUT2D eigenvalue weighted by molar-refractivity contribution is -0.153. The zero-order valence-electron chi connectivity index (χ0n) is 23.2. The molecule has 10 heteroatoms. The van der Waals surface area contributed by atoms with E-state index in [1.807, 2.05) is 36.4 Å². The molecule has 2 fully saturated rings. The molecule has 0 saturated carbocycles. The second kappa shape index (κ2) is 11.7. The van der Waals surface area contributed by atoms with Gasteiger partial charge in [0.15, 0.2) is 34.7 Å². The van der Waals surface area contributed by atoms with E-state index in [9.17, 15) is 5.11 Å². The van der Waals surface area contributed by atoms with Crippen LogP contribution in [0.1, 0.15) is 17.2 Å². The third kappa shape index (κ3) is 5.24. The number of aliphatic hydroxyl groups is 1. The minimum Gasteiger partial charge on any atom is -0.496 e. The van der Waals surface area contributed by atoms with E-state index in [-0.39, 0.29) is 19.3 Å². The molecule has 1 N–H and O–H groups in total. The molecular formula is C31H34O10. The Hall–Kier alpha value is -3.70. The molecule has 0 bridgehead atoms. The van der Waals surface area contributed by atoms with Crippen molar-refractivity contribution in [2.45, 2.75) is 30.7 Å². The third-order valence-corrected chi connectivity index (χ3v) is 7.68. The Morgan fingerprint density at radius 3 is 2.34 bits per heavy atom. The van der Waals surface area contributed by atoms with Gasteiger partial charge in [0.05, 0.1) is 59.8 Å². The summed E-state index contributed by atoms with van der Waals surface area (Å²) in [6, 6.07) is 18.9. The number of rotatable bonds is 10. The van der Waals surface area contributed by atoms with Crippen molar-refractivity contribution in [1.82, 2.24) is 0 Å². The fourth-order valence-corrected chi connectivity index (χ4v) is 5.52. The molecule has 6 rings (SSSR count). The van der Waals surface area contributed by atoms with Crippen LogP contribution in [0, 0.1) is 5.92 Å². The van der Waals surface area contributed by atoms with E-state index in [1.165, 1.54) is 14.2 Å². The fraction of sp³-hybridized carbons (Fsp3) is 0.419. The molecule has 0 aliphatic carbocycles. The van der Waals surface area contributed by atoms with Crippen molar-refractivity contribution in [3.05, 3.63) is 71.8 Å². The highest BCUT2D eigenvalue weighted by atomic mass is 16.7. The lowest BCUT2D eigenvalue weighted by Gasteiger charge is -2.29. The molecule has 10 nitrogen and oxygen atoms in total. The average Bonchev–Trinajstić information content (AvgIpc) is 3.51. The van der Waals surface area contributed by atoms with E-state index in [0.717, 1.165) is 11.1 Å². The first-order valence-corrected chi connectivity index (χ1v) is 13.5. The Kier molecular flexibility index (Phi) is 7.81. The molecule has 2 saturated heterocycles. The van der Waals surface area contributed by atoms with Gasteiger partial charge in [0.1, 0.15) is 12.4 Å². The minimum atomic E-state index is -1.43. The van der Waals surface area contributed by atoms with Gasteiger partial charge in [-0.25, -0.2) is 0 Å². The van der Waals surface area contributed by atoms with E-state index in [2.05, 4.69) is 0 Å². The fourth-order valence-electron chi connectivity index (χ4n) is 5.52. The van der Waals surface area contributed by atoms with Gasteiger partial charge in [0, 0.05) is 11.6 Å². The first-order valence-electron chi connectivity index (χ1n) is 13.5. The summed E-state index contributed by atoms with van der Waals surface area (Å²) >= 11 is 0. The summed E-state index contributed by atoms with van der Waals surface area (Å²) in [5.74, 6) is 2.54. The highest BCUT2D eigenvalue weighted by Gasteiger charge is 2.61. The van der Waals surface area contributed by atoms with Gasteiger partial charge in [-0.1, -0.05) is 36.4 Å². The number of fused-ring (bicyclic) bond motifs is 2. The zero-order chi connectivity index (χ0) is 28.4. The molecule has 0 aromatic heterocycles. The number of benzene rings is 3. The van der Waals surface area contributed by atoms with Gasteiger partial charge in [-0.15, -0.1) is 0 Å². The van der Waals surface area contributed by atoms with E-state index >= 15 is 0 Å². The van der Waals surface area contributed by atoms with Crippen LogP contribution in [0.15, 0.2) is 60.7 Å². The summed E-state index contributed by atoms with van der Waals surface area (Å²) in [5.41, 5.74) is 0.385. The summed E-state index contributed by atoms with van der Waals surface area (Å²) in [4.78, 5) is 0. The van der Waals surface area contributed by atoms with Crippen molar-refractivity contribution >= 4 is 0 Å². The molecule has 41 heavy (non-hydrogen) atoms. The van der Waals surface area contributed by atoms with Gasteiger partial charge in [-0.2, -0.15) is 0 Å². The number of ether oxygens (including phenoxy) is 9. The smallest absolute Gasteiger partial charge is 0.232 e. The predicted molar refractivity (Wildman–Crippen MR) is 146 cm³/mol. The minimum absolute atomic E-state index is 0.00197. The van der Waals surface area contributed by atoms with Crippen LogP contribution in [0.4, 0.5) is 0 Å². The number of methoxy groups -OCH3 is 3. The Morgan fingerprint density at radius 1 is 0.854 bits per heavy atom.